The van der Waals surface area contributed by atoms with E-state index in [1.165, 1.54) is 24.3 Å². The van der Waals surface area contributed by atoms with Crippen molar-refractivity contribution in [3.8, 4) is 6.07 Å². The van der Waals surface area contributed by atoms with Gasteiger partial charge in [0.05, 0.1) is 17.7 Å². The van der Waals surface area contributed by atoms with Gasteiger partial charge in [0.15, 0.2) is 11.7 Å². The number of nitrogens with one attached hydrogen (secondary N) is 2. The summed E-state index contributed by atoms with van der Waals surface area (Å²) in [4.78, 5) is 12.7. The lowest BCUT2D eigenvalue weighted by molar-refractivity contribution is -0.173. The van der Waals surface area contributed by atoms with E-state index in [9.17, 15) is 18.0 Å². The Balaban J connectivity index is 1.67. The second kappa shape index (κ2) is 8.37. The van der Waals surface area contributed by atoms with Gasteiger partial charge >= 0.3 is 6.18 Å². The van der Waals surface area contributed by atoms with Crippen LogP contribution >= 0.6 is 23.2 Å². The van der Waals surface area contributed by atoms with Crippen LogP contribution in [0.15, 0.2) is 48.5 Å². The van der Waals surface area contributed by atoms with E-state index in [1.54, 1.807) is 24.3 Å². The highest BCUT2D eigenvalue weighted by Crippen LogP contribution is 2.46. The molecule has 0 radical (unpaired) electrons. The zero-order valence-electron chi connectivity index (χ0n) is 16.1. The molecule has 0 aliphatic carbocycles. The number of anilines is 2. The van der Waals surface area contributed by atoms with Crippen LogP contribution < -0.4 is 10.6 Å². The van der Waals surface area contributed by atoms with Crippen LogP contribution in [-0.4, -0.2) is 21.9 Å². The molecule has 2 atom stereocenters. The van der Waals surface area contributed by atoms with Gasteiger partial charge in [-0.1, -0.05) is 35.3 Å². The average Bonchev–Trinajstić information content (AvgIpc) is 3.10. The number of hydrogen-bond acceptors (Lipinski definition) is 4. The number of amides is 1. The first-order chi connectivity index (χ1) is 15.2. The van der Waals surface area contributed by atoms with E-state index in [0.717, 1.165) is 0 Å². The fourth-order valence-corrected chi connectivity index (χ4v) is 3.86. The van der Waals surface area contributed by atoms with Crippen molar-refractivity contribution in [1.82, 2.24) is 9.78 Å². The number of benzene rings is 2. The minimum absolute atomic E-state index is 0.0924. The minimum atomic E-state index is -4.61. The Morgan fingerprint density at radius 3 is 2.41 bits per heavy atom. The van der Waals surface area contributed by atoms with Crippen LogP contribution in [0.1, 0.15) is 40.1 Å². The Kier molecular flexibility index (Phi) is 5.75. The summed E-state index contributed by atoms with van der Waals surface area (Å²) < 4.78 is 42.3. The summed E-state index contributed by atoms with van der Waals surface area (Å²) in [7, 11) is 0. The highest BCUT2D eigenvalue weighted by atomic mass is 35.5. The van der Waals surface area contributed by atoms with Crippen LogP contribution in [0, 0.1) is 11.3 Å². The van der Waals surface area contributed by atoms with Gasteiger partial charge in [0.2, 0.25) is 0 Å². The predicted molar refractivity (Wildman–Crippen MR) is 114 cm³/mol. The molecule has 2 aromatic carbocycles. The van der Waals surface area contributed by atoms with Crippen LogP contribution in [0.5, 0.6) is 0 Å². The lowest BCUT2D eigenvalue weighted by atomic mass is 9.97. The van der Waals surface area contributed by atoms with E-state index in [0.29, 0.717) is 26.5 Å². The van der Waals surface area contributed by atoms with Gasteiger partial charge in [-0.2, -0.15) is 23.5 Å². The van der Waals surface area contributed by atoms with Gasteiger partial charge in [0, 0.05) is 17.1 Å². The van der Waals surface area contributed by atoms with Crippen LogP contribution in [0.2, 0.25) is 10.0 Å². The number of nitrogens with zero attached hydrogens (tertiary/aromatic N) is 3. The number of fused-ring (bicyclic) bond motifs is 1. The molecule has 164 valence electrons. The van der Waals surface area contributed by atoms with Gasteiger partial charge in [-0.15, -0.1) is 0 Å². The molecule has 6 nitrogen and oxygen atoms in total. The fourth-order valence-electron chi connectivity index (χ4n) is 3.47. The molecule has 0 saturated carbocycles. The zero-order chi connectivity index (χ0) is 23.0. The molecule has 0 unspecified atom stereocenters. The van der Waals surface area contributed by atoms with E-state index in [-0.39, 0.29) is 23.0 Å². The van der Waals surface area contributed by atoms with Gasteiger partial charge in [-0.25, -0.2) is 4.68 Å². The number of alkyl halides is 3. The molecule has 1 aliphatic rings. The molecule has 0 bridgehead atoms. The third-order valence-electron chi connectivity index (χ3n) is 5.05. The first-order valence-electron chi connectivity index (χ1n) is 9.35. The fraction of sp³-hybridized carbons (Fsp3) is 0.190. The second-order valence-electron chi connectivity index (χ2n) is 7.14. The first kappa shape index (κ1) is 22.0. The summed E-state index contributed by atoms with van der Waals surface area (Å²) >= 11 is 12.2. The quantitative estimate of drug-likeness (QED) is 0.484. The Bertz CT molecular complexity index is 1200. The molecule has 1 aromatic heterocycles. The number of aromatic nitrogens is 2. The smallest absolute Gasteiger partial charge is 0.362 e. The lowest BCUT2D eigenvalue weighted by Crippen LogP contribution is -2.35. The number of nitriles is 1. The van der Waals surface area contributed by atoms with Gasteiger partial charge in [0.25, 0.3) is 5.91 Å². The van der Waals surface area contributed by atoms with Crippen molar-refractivity contribution in [2.45, 2.75) is 24.7 Å². The highest BCUT2D eigenvalue weighted by molar-refractivity contribution is 6.36. The number of halogens is 5. The molecule has 0 spiro atoms. The van der Waals surface area contributed by atoms with Crippen molar-refractivity contribution in [2.75, 3.05) is 10.6 Å². The molecular formula is C21H14Cl2F3N5O. The zero-order valence-corrected chi connectivity index (χ0v) is 17.6. The summed E-state index contributed by atoms with van der Waals surface area (Å²) in [6.45, 7) is 0. The summed E-state index contributed by atoms with van der Waals surface area (Å²) in [5.41, 5.74) is 0.986. The molecule has 3 aromatic rings. The molecule has 0 fully saturated rings. The van der Waals surface area contributed by atoms with Crippen molar-refractivity contribution in [1.29, 1.82) is 5.26 Å². The van der Waals surface area contributed by atoms with E-state index in [4.69, 9.17) is 28.5 Å². The maximum absolute atomic E-state index is 13.9. The Labute approximate surface area is 190 Å². The van der Waals surface area contributed by atoms with Crippen molar-refractivity contribution in [3.63, 3.8) is 0 Å². The van der Waals surface area contributed by atoms with Crippen molar-refractivity contribution in [3.05, 3.63) is 75.4 Å². The third kappa shape index (κ3) is 4.24. The standard InChI is InChI=1S/C21H14Cl2F3N5O/c22-13-5-3-12(4-6-13)15-9-16(21(24,25)26)31-19(29-15)17(23)18(30-31)20(32)28-14-7-1-11(10-27)2-8-14/h1-8,15-16,29H,9H2,(H,28,32)/t15-,16+/m1/s1. The normalized spacial score (nSPS) is 17.8. The van der Waals surface area contributed by atoms with Gasteiger partial charge in [-0.3, -0.25) is 4.79 Å². The minimum Gasteiger partial charge on any atom is -0.362 e. The lowest BCUT2D eigenvalue weighted by Gasteiger charge is -2.33. The Hall–Kier alpha value is -3.22. The van der Waals surface area contributed by atoms with E-state index in [2.05, 4.69) is 15.7 Å². The molecule has 0 saturated heterocycles. The average molecular weight is 480 g/mol. The van der Waals surface area contributed by atoms with Gasteiger partial charge < -0.3 is 10.6 Å². The SMILES string of the molecule is N#Cc1ccc(NC(=O)c2nn3c(c2Cl)N[C@@H](c2ccc(Cl)cc2)C[C@H]3C(F)(F)F)cc1. The van der Waals surface area contributed by atoms with Crippen LogP contribution in [-0.2, 0) is 0 Å². The maximum atomic E-state index is 13.9. The van der Waals surface area contributed by atoms with Crippen LogP contribution in [0.25, 0.3) is 0 Å². The molecule has 2 N–H and O–H groups in total. The van der Waals surface area contributed by atoms with Gasteiger partial charge in [-0.05, 0) is 42.0 Å². The Morgan fingerprint density at radius 1 is 1.16 bits per heavy atom. The van der Waals surface area contributed by atoms with E-state index in [1.807, 2.05) is 6.07 Å². The summed E-state index contributed by atoms with van der Waals surface area (Å²) in [5.74, 6) is -0.863. The second-order valence-corrected chi connectivity index (χ2v) is 7.96. The number of hydrogen-bond donors (Lipinski definition) is 2. The molecule has 1 aliphatic heterocycles. The third-order valence-corrected chi connectivity index (χ3v) is 5.66. The Morgan fingerprint density at radius 2 is 1.81 bits per heavy atom. The molecule has 1 amide bonds. The first-order valence-corrected chi connectivity index (χ1v) is 10.1. The molecular weight excluding hydrogens is 466 g/mol. The number of rotatable bonds is 3. The van der Waals surface area contributed by atoms with Crippen molar-refractivity contribution >= 4 is 40.6 Å². The van der Waals surface area contributed by atoms with Gasteiger partial charge in [0.1, 0.15) is 10.8 Å². The molecule has 4 rings (SSSR count). The largest absolute Gasteiger partial charge is 0.410 e. The monoisotopic (exact) mass is 479 g/mol. The van der Waals surface area contributed by atoms with E-state index >= 15 is 0 Å². The summed E-state index contributed by atoms with van der Waals surface area (Å²) in [6.07, 6.45) is -4.95. The highest BCUT2D eigenvalue weighted by Gasteiger charge is 2.47. The van der Waals surface area contributed by atoms with Crippen molar-refractivity contribution in [2.24, 2.45) is 0 Å². The molecule has 2 heterocycles. The van der Waals surface area contributed by atoms with E-state index < -0.39 is 24.2 Å². The molecule has 11 heteroatoms. The topological polar surface area (TPSA) is 82.7 Å². The van der Waals surface area contributed by atoms with Crippen LogP contribution in [0.3, 0.4) is 0 Å². The number of carbonyl (C=O) groups is 1. The maximum Gasteiger partial charge on any atom is 0.410 e. The van der Waals surface area contributed by atoms with Crippen molar-refractivity contribution < 1.29 is 18.0 Å². The predicted octanol–water partition coefficient (Wildman–Crippen LogP) is 5.97. The summed E-state index contributed by atoms with van der Waals surface area (Å²) in [6, 6.07) is 11.7. The molecule has 32 heavy (non-hydrogen) atoms. The van der Waals surface area contributed by atoms with Crippen LogP contribution in [0.4, 0.5) is 24.7 Å². The summed E-state index contributed by atoms with van der Waals surface area (Å²) in [5, 5.41) is 18.5. The number of carbonyl (C=O) groups excluding carboxylic acids is 1.